The molecule has 0 aliphatic carbocycles. The average Bonchev–Trinajstić information content (AvgIpc) is 0.831. The zero-order valence-electron chi connectivity index (χ0n) is 66.2. The van der Waals surface area contributed by atoms with Gasteiger partial charge in [0.15, 0.2) is 0 Å². The Hall–Kier alpha value is -9.68. The van der Waals surface area contributed by atoms with E-state index in [1.807, 2.05) is 57.5 Å². The number of hydrogen-bond acceptors (Lipinski definition) is 25. The fourth-order valence-corrected chi connectivity index (χ4v) is 16.6. The molecule has 8 fully saturated rings. The number of likely N-dealkylation sites (tertiary alicyclic amines) is 4. The van der Waals surface area contributed by atoms with Gasteiger partial charge >= 0.3 is 0 Å². The number of aryl methyl sites for hydroxylation is 1. The lowest BCUT2D eigenvalue weighted by atomic mass is 9.93. The van der Waals surface area contributed by atoms with Gasteiger partial charge in [0.1, 0.15) is 5.75 Å². The molecule has 16 rings (SSSR count). The van der Waals surface area contributed by atoms with Crippen LogP contribution in [-0.2, 0) is 30.9 Å². The van der Waals surface area contributed by atoms with E-state index in [-0.39, 0.29) is 22.2 Å². The number of H-pyrrole nitrogens is 4. The van der Waals surface area contributed by atoms with Crippen LogP contribution in [0, 0.1) is 6.92 Å². The van der Waals surface area contributed by atoms with Crippen molar-refractivity contribution in [2.24, 2.45) is 0 Å². The minimum atomic E-state index is -0.0722. The number of phenolic OH excluding ortho intramolecular Hbond substituents is 1. The van der Waals surface area contributed by atoms with Crippen LogP contribution in [0.25, 0.3) is 0 Å². The summed E-state index contributed by atoms with van der Waals surface area (Å²) in [5.74, 6) is 5.73. The zero-order chi connectivity index (χ0) is 77.7. The Kier molecular flexibility index (Phi) is 28.5. The van der Waals surface area contributed by atoms with Gasteiger partial charge in [-0.2, -0.15) is 0 Å². The van der Waals surface area contributed by atoms with Crippen LogP contribution in [-0.4, -0.2) is 224 Å². The molecule has 2 aromatic carbocycles. The Morgan fingerprint density at radius 3 is 1.06 bits per heavy atom. The van der Waals surface area contributed by atoms with E-state index in [2.05, 4.69) is 115 Å². The SMILES string of the molecule is CN(C)c1ncc(CN2CCC(c3cc(=O)[nH]c(N4CCOCC4)n3)CC2)cn1.CNc1ccc(CN2CCC(c3cc(=O)[nH]c(N4CCCCC4)n3)CC2)cc1.Cc1ccc(CN2CCC(c3cc(=O)[nH]c(N4CCCCC4)n3)CC2)cc1O.Nc1ncc(CN2CCC(c3cc(=O)[nH]c(N4CCCCC4)n3)CC2)cn1. The fraction of sp³-hybridized carbons (Fsp3) is 0.566. The number of nitrogens with one attached hydrogen (secondary N) is 5. The molecule has 0 amide bonds. The maximum absolute atomic E-state index is 12.2. The lowest BCUT2D eigenvalue weighted by molar-refractivity contribution is 0.122. The van der Waals surface area contributed by atoms with Crippen LogP contribution in [0.1, 0.15) is 183 Å². The Balaban J connectivity index is 0.000000131. The number of nitrogen functional groups attached to an aromatic ring is 1. The molecule has 112 heavy (non-hydrogen) atoms. The predicted molar refractivity (Wildman–Crippen MR) is 441 cm³/mol. The van der Waals surface area contributed by atoms with Crippen LogP contribution in [0.5, 0.6) is 5.75 Å². The van der Waals surface area contributed by atoms with Crippen molar-refractivity contribution in [3.05, 3.63) is 184 Å². The normalized spacial score (nSPS) is 19.0. The number of hydrogen-bond donors (Lipinski definition) is 7. The Morgan fingerprint density at radius 1 is 0.420 bits per heavy atom. The van der Waals surface area contributed by atoms with Gasteiger partial charge in [-0.1, -0.05) is 24.3 Å². The highest BCUT2D eigenvalue weighted by Gasteiger charge is 2.30. The number of aromatic amines is 4. The van der Waals surface area contributed by atoms with Crippen molar-refractivity contribution in [2.75, 3.05) is 175 Å². The number of phenols is 1. The van der Waals surface area contributed by atoms with Gasteiger partial charge in [-0.25, -0.2) is 39.9 Å². The third-order valence-corrected chi connectivity index (χ3v) is 23.3. The first-order valence-corrected chi connectivity index (χ1v) is 41.1. The van der Waals surface area contributed by atoms with E-state index in [9.17, 15) is 24.3 Å². The summed E-state index contributed by atoms with van der Waals surface area (Å²) in [6.07, 6.45) is 26.4. The van der Waals surface area contributed by atoms with Crippen LogP contribution < -0.4 is 57.8 Å². The van der Waals surface area contributed by atoms with Crippen LogP contribution in [0.4, 0.5) is 41.4 Å². The Bertz CT molecular complexity index is 4480. The number of morpholine rings is 1. The predicted octanol–water partition coefficient (Wildman–Crippen LogP) is 8.69. The zero-order valence-corrected chi connectivity index (χ0v) is 66.2. The van der Waals surface area contributed by atoms with Crippen LogP contribution in [0.3, 0.4) is 0 Å². The second-order valence-corrected chi connectivity index (χ2v) is 31.7. The second kappa shape index (κ2) is 39.7. The van der Waals surface area contributed by atoms with Crippen molar-refractivity contribution >= 4 is 41.4 Å². The minimum absolute atomic E-state index is 0.0161. The molecule has 8 aromatic rings. The van der Waals surface area contributed by atoms with E-state index in [4.69, 9.17) is 30.4 Å². The fourth-order valence-electron chi connectivity index (χ4n) is 16.6. The van der Waals surface area contributed by atoms with E-state index < -0.39 is 0 Å². The van der Waals surface area contributed by atoms with Gasteiger partial charge in [0, 0.05) is 189 Å². The quantitative estimate of drug-likeness (QED) is 0.0422. The number of nitrogens with zero attached hydrogens (tertiary/aromatic N) is 17. The van der Waals surface area contributed by atoms with Crippen molar-refractivity contribution in [1.29, 1.82) is 0 Å². The van der Waals surface area contributed by atoms with Crippen molar-refractivity contribution in [2.45, 2.75) is 166 Å². The van der Waals surface area contributed by atoms with Gasteiger partial charge in [0.05, 0.1) is 36.0 Å². The molecule has 29 heteroatoms. The third kappa shape index (κ3) is 23.0. The number of nitrogens with two attached hydrogens (primary N) is 1. The smallest absolute Gasteiger partial charge is 0.252 e. The van der Waals surface area contributed by atoms with E-state index in [0.717, 1.165) is 257 Å². The molecule has 0 atom stereocenters. The number of anilines is 7. The third-order valence-electron chi connectivity index (χ3n) is 23.3. The summed E-state index contributed by atoms with van der Waals surface area (Å²) < 4.78 is 5.40. The summed E-state index contributed by atoms with van der Waals surface area (Å²) in [6, 6.07) is 21.3. The van der Waals surface area contributed by atoms with E-state index in [1.165, 1.54) is 63.4 Å². The summed E-state index contributed by atoms with van der Waals surface area (Å²) >= 11 is 0. The van der Waals surface area contributed by atoms with E-state index in [0.29, 0.717) is 54.5 Å². The number of benzene rings is 2. The summed E-state index contributed by atoms with van der Waals surface area (Å²) in [5.41, 5.74) is 15.9. The van der Waals surface area contributed by atoms with Crippen LogP contribution >= 0.6 is 0 Å². The molecular weight excluding hydrogens is 1420 g/mol. The van der Waals surface area contributed by atoms with Gasteiger partial charge in [-0.05, 0) is 203 Å². The number of rotatable bonds is 18. The molecule has 14 heterocycles. The summed E-state index contributed by atoms with van der Waals surface area (Å²) in [5, 5.41) is 13.1. The van der Waals surface area contributed by atoms with Gasteiger partial charge in [0.2, 0.25) is 35.7 Å². The standard InChI is InChI=1S/C22H31N5O.C22H30N4O2.C20H29N7O2.C19H27N7O/c1-23-19-7-5-17(6-8-19)16-26-13-9-18(10-14-26)20-15-21(28)25-22(24-20)27-11-3-2-4-12-27;1-16-5-6-17(13-20(16)27)15-25-11-7-18(8-12-25)19-14-21(28)24-22(23-19)26-9-3-2-4-10-26;1-25(2)19-21-12-15(13-22-19)14-26-5-3-16(4-6-26)17-11-18(28)24-20(23-17)27-7-9-29-10-8-27;20-18-21-11-14(12-22-18)13-25-8-4-15(5-9-25)16-10-17(27)24-19(23-16)26-6-2-1-3-7-26/h5-8,15,18,23H,2-4,9-14,16H2,1H3,(H,24,25,28);5-6,13-14,18,27H,2-4,7-12,15H2,1H3,(H,23,24,28);11-13,16H,3-10,14H2,1-2H3,(H,23,24,28);10-12,15H,1-9,13H2,(H2,20,21,22)(H,23,24,27). The largest absolute Gasteiger partial charge is 0.508 e. The average molecular weight is 1530 g/mol. The van der Waals surface area contributed by atoms with Gasteiger partial charge in [-0.3, -0.25) is 58.7 Å². The van der Waals surface area contributed by atoms with Crippen molar-refractivity contribution in [1.82, 2.24) is 79.4 Å². The summed E-state index contributed by atoms with van der Waals surface area (Å²) in [6.45, 7) is 22.2. The first-order chi connectivity index (χ1) is 54.5. The molecule has 8 saturated heterocycles. The van der Waals surface area contributed by atoms with E-state index in [1.54, 1.807) is 36.7 Å². The van der Waals surface area contributed by atoms with Gasteiger partial charge in [-0.15, -0.1) is 0 Å². The Morgan fingerprint density at radius 2 is 0.732 bits per heavy atom. The molecule has 0 saturated carbocycles. The molecule has 0 spiro atoms. The molecular formula is C83H117N23O6. The highest BCUT2D eigenvalue weighted by Crippen LogP contribution is 2.34. The molecule has 0 unspecified atom stereocenters. The number of piperidine rings is 7. The molecule has 600 valence electrons. The topological polar surface area (TPSA) is 331 Å². The minimum Gasteiger partial charge on any atom is -0.508 e. The maximum atomic E-state index is 12.2. The highest BCUT2D eigenvalue weighted by atomic mass is 16.5. The first kappa shape index (κ1) is 80.4. The highest BCUT2D eigenvalue weighted by molar-refractivity contribution is 5.44. The maximum Gasteiger partial charge on any atom is 0.252 e. The summed E-state index contributed by atoms with van der Waals surface area (Å²) in [4.78, 5) is 117. The lowest BCUT2D eigenvalue weighted by Gasteiger charge is -2.32. The van der Waals surface area contributed by atoms with Crippen LogP contribution in [0.15, 0.2) is 111 Å². The second-order valence-electron chi connectivity index (χ2n) is 31.7. The first-order valence-electron chi connectivity index (χ1n) is 41.1. The Labute approximate surface area is 657 Å². The van der Waals surface area contributed by atoms with Crippen molar-refractivity contribution in [3.63, 3.8) is 0 Å². The number of aromatic nitrogens is 12. The molecule has 8 N–H and O–H groups in total. The van der Waals surface area contributed by atoms with E-state index >= 15 is 0 Å². The summed E-state index contributed by atoms with van der Waals surface area (Å²) in [7, 11) is 5.82. The van der Waals surface area contributed by atoms with Crippen molar-refractivity contribution in [3.8, 4) is 5.75 Å². The van der Waals surface area contributed by atoms with Crippen LogP contribution in [0.2, 0.25) is 0 Å². The number of ether oxygens (including phenoxy) is 1. The van der Waals surface area contributed by atoms with Gasteiger partial charge < -0.3 is 45.4 Å². The molecule has 8 aliphatic rings. The monoisotopic (exact) mass is 1530 g/mol. The molecule has 0 radical (unpaired) electrons. The number of aromatic hydroxyl groups is 1. The lowest BCUT2D eigenvalue weighted by Crippen LogP contribution is -2.39. The molecule has 6 aromatic heterocycles. The van der Waals surface area contributed by atoms with Crippen molar-refractivity contribution < 1.29 is 9.84 Å². The molecule has 29 nitrogen and oxygen atoms in total. The van der Waals surface area contributed by atoms with Gasteiger partial charge in [0.25, 0.3) is 22.2 Å². The molecule has 8 aliphatic heterocycles. The molecule has 0 bridgehead atoms.